The summed E-state index contributed by atoms with van der Waals surface area (Å²) < 4.78 is 4.47. The van der Waals surface area contributed by atoms with Gasteiger partial charge in [0.15, 0.2) is 0 Å². The highest BCUT2D eigenvalue weighted by atomic mass is 16.5. The maximum atomic E-state index is 10.8. The molecule has 17 heavy (non-hydrogen) atoms. The van der Waals surface area contributed by atoms with Crippen molar-refractivity contribution < 1.29 is 14.6 Å². The van der Waals surface area contributed by atoms with E-state index in [0.29, 0.717) is 12.5 Å². The first-order valence-electron chi connectivity index (χ1n) is 5.58. The molecule has 0 spiro atoms. The number of aliphatic hydroxyl groups is 1. The highest BCUT2D eigenvalue weighted by Gasteiger charge is 2.06. The molecule has 0 aliphatic carbocycles. The van der Waals surface area contributed by atoms with Gasteiger partial charge in [-0.3, -0.25) is 0 Å². The molecule has 0 aromatic heterocycles. The molecule has 0 fully saturated rings. The number of esters is 1. The Bertz CT molecular complexity index is 357. The Labute approximate surface area is 102 Å². The van der Waals surface area contributed by atoms with Crippen molar-refractivity contribution in [3.63, 3.8) is 0 Å². The fourth-order valence-corrected chi connectivity index (χ4v) is 1.41. The molecule has 1 rings (SSSR count). The van der Waals surface area contributed by atoms with E-state index < -0.39 is 0 Å². The molecule has 91 valence electrons. The summed E-state index contributed by atoms with van der Waals surface area (Å²) in [6, 6.07) is 9.44. The Morgan fingerprint density at radius 2 is 2.06 bits per heavy atom. The van der Waals surface area contributed by atoms with Crippen molar-refractivity contribution in [2.24, 2.45) is 0 Å². The average Bonchev–Trinajstić information content (AvgIpc) is 2.38. The van der Waals surface area contributed by atoms with E-state index in [4.69, 9.17) is 0 Å². The first-order valence-corrected chi connectivity index (χ1v) is 5.58. The van der Waals surface area contributed by atoms with Gasteiger partial charge in [-0.2, -0.15) is 0 Å². The quantitative estimate of drug-likeness (QED) is 0.467. The number of carbonyl (C=O) groups is 1. The van der Waals surface area contributed by atoms with Crippen LogP contribution in [-0.4, -0.2) is 18.2 Å². The lowest BCUT2D eigenvalue weighted by molar-refractivity contribution is -0.134. The molecule has 1 radical (unpaired) electrons. The highest BCUT2D eigenvalue weighted by molar-refractivity contribution is 5.81. The highest BCUT2D eigenvalue weighted by Crippen LogP contribution is 2.17. The Hall–Kier alpha value is -1.61. The molecule has 1 aromatic rings. The number of hydrogen-bond acceptors (Lipinski definition) is 3. The summed E-state index contributed by atoms with van der Waals surface area (Å²) in [5, 5.41) is 9.78. The summed E-state index contributed by atoms with van der Waals surface area (Å²) in [6.45, 7) is 0. The number of benzene rings is 1. The van der Waals surface area contributed by atoms with Crippen molar-refractivity contribution in [2.45, 2.75) is 19.3 Å². The number of methoxy groups -OCH3 is 1. The van der Waals surface area contributed by atoms with Crippen LogP contribution >= 0.6 is 0 Å². The molecule has 0 amide bonds. The van der Waals surface area contributed by atoms with E-state index in [1.165, 1.54) is 13.2 Å². The minimum Gasteiger partial charge on any atom is -0.466 e. The smallest absolute Gasteiger partial charge is 0.330 e. The Morgan fingerprint density at radius 1 is 1.35 bits per heavy atom. The molecule has 0 heterocycles. The largest absolute Gasteiger partial charge is 0.466 e. The maximum Gasteiger partial charge on any atom is 0.330 e. The minimum atomic E-state index is -0.346. The average molecular weight is 233 g/mol. The van der Waals surface area contributed by atoms with Crippen molar-refractivity contribution in [3.8, 4) is 0 Å². The van der Waals surface area contributed by atoms with Crippen molar-refractivity contribution in [1.29, 1.82) is 0 Å². The number of allylic oxidation sites excluding steroid dienone is 1. The normalized spacial score (nSPS) is 11.0. The predicted octanol–water partition coefficient (Wildman–Crippen LogP) is 2.84. The van der Waals surface area contributed by atoms with E-state index in [0.717, 1.165) is 18.4 Å². The SMILES string of the molecule is COC(=O)/C=C/CCC[C](O)c1ccccc1. The summed E-state index contributed by atoms with van der Waals surface area (Å²) in [5.41, 5.74) is 0.851. The van der Waals surface area contributed by atoms with E-state index in [2.05, 4.69) is 4.74 Å². The second-order valence-corrected chi connectivity index (χ2v) is 3.63. The van der Waals surface area contributed by atoms with Crippen LogP contribution in [0.15, 0.2) is 42.5 Å². The van der Waals surface area contributed by atoms with Gasteiger partial charge in [0.25, 0.3) is 0 Å². The number of aliphatic hydroxyl groups excluding tert-OH is 1. The van der Waals surface area contributed by atoms with Crippen LogP contribution in [0.25, 0.3) is 0 Å². The third kappa shape index (κ3) is 5.31. The van der Waals surface area contributed by atoms with Crippen LogP contribution in [0.3, 0.4) is 0 Å². The van der Waals surface area contributed by atoms with Gasteiger partial charge in [0.1, 0.15) is 6.10 Å². The zero-order chi connectivity index (χ0) is 12.5. The van der Waals surface area contributed by atoms with Gasteiger partial charge >= 0.3 is 5.97 Å². The summed E-state index contributed by atoms with van der Waals surface area (Å²) in [6.07, 6.45) is 5.69. The first kappa shape index (κ1) is 13.5. The van der Waals surface area contributed by atoms with E-state index in [1.54, 1.807) is 6.08 Å². The van der Waals surface area contributed by atoms with Crippen molar-refractivity contribution in [1.82, 2.24) is 0 Å². The van der Waals surface area contributed by atoms with Gasteiger partial charge in [0.05, 0.1) is 7.11 Å². The van der Waals surface area contributed by atoms with E-state index >= 15 is 0 Å². The van der Waals surface area contributed by atoms with Crippen molar-refractivity contribution in [2.75, 3.05) is 7.11 Å². The minimum absolute atomic E-state index is 0.346. The second kappa shape index (κ2) is 7.63. The molecular weight excluding hydrogens is 216 g/mol. The fourth-order valence-electron chi connectivity index (χ4n) is 1.41. The topological polar surface area (TPSA) is 46.5 Å². The van der Waals surface area contributed by atoms with Crippen LogP contribution in [0.1, 0.15) is 24.8 Å². The molecule has 0 aliphatic rings. The van der Waals surface area contributed by atoms with Crippen LogP contribution in [-0.2, 0) is 9.53 Å². The zero-order valence-corrected chi connectivity index (χ0v) is 9.93. The van der Waals surface area contributed by atoms with Gasteiger partial charge in [0.2, 0.25) is 0 Å². The van der Waals surface area contributed by atoms with Crippen LogP contribution in [0.4, 0.5) is 0 Å². The molecule has 3 nitrogen and oxygen atoms in total. The van der Waals surface area contributed by atoms with E-state index in [9.17, 15) is 9.90 Å². The van der Waals surface area contributed by atoms with E-state index in [1.807, 2.05) is 30.3 Å². The first-order chi connectivity index (χ1) is 8.24. The number of rotatable bonds is 6. The predicted molar refractivity (Wildman–Crippen MR) is 65.7 cm³/mol. The molecule has 3 heteroatoms. The van der Waals surface area contributed by atoms with Gasteiger partial charge in [0, 0.05) is 6.08 Å². The van der Waals surface area contributed by atoms with Crippen LogP contribution in [0.2, 0.25) is 0 Å². The number of hydrogen-bond donors (Lipinski definition) is 1. The second-order valence-electron chi connectivity index (χ2n) is 3.63. The fraction of sp³-hybridized carbons (Fsp3) is 0.286. The molecule has 1 N–H and O–H groups in total. The van der Waals surface area contributed by atoms with Gasteiger partial charge in [-0.25, -0.2) is 4.79 Å². The lowest BCUT2D eigenvalue weighted by Gasteiger charge is -2.07. The van der Waals surface area contributed by atoms with Crippen molar-refractivity contribution >= 4 is 5.97 Å². The van der Waals surface area contributed by atoms with E-state index in [-0.39, 0.29) is 5.97 Å². The Morgan fingerprint density at radius 3 is 2.71 bits per heavy atom. The molecule has 0 atom stereocenters. The lowest BCUT2D eigenvalue weighted by atomic mass is 10.0. The van der Waals surface area contributed by atoms with Crippen LogP contribution in [0, 0.1) is 6.10 Å². The summed E-state index contributed by atoms with van der Waals surface area (Å²) in [5.74, 6) is -0.346. The summed E-state index contributed by atoms with van der Waals surface area (Å²) in [7, 11) is 1.35. The molecule has 1 aromatic carbocycles. The maximum absolute atomic E-state index is 10.8. The molecule has 0 saturated carbocycles. The lowest BCUT2D eigenvalue weighted by Crippen LogP contribution is -1.98. The number of unbranched alkanes of at least 4 members (excludes halogenated alkanes) is 1. The van der Waals surface area contributed by atoms with Gasteiger partial charge < -0.3 is 9.84 Å². The Kier molecular flexibility index (Phi) is 6.04. The third-order valence-electron chi connectivity index (χ3n) is 2.35. The number of carbonyl (C=O) groups excluding carboxylic acids is 1. The molecule has 0 aliphatic heterocycles. The van der Waals surface area contributed by atoms with Gasteiger partial charge in [-0.05, 0) is 24.8 Å². The molecular formula is C14H17O3. The molecule has 0 unspecified atom stereocenters. The summed E-state index contributed by atoms with van der Waals surface area (Å²) in [4.78, 5) is 10.8. The van der Waals surface area contributed by atoms with Crippen LogP contribution in [0.5, 0.6) is 0 Å². The molecule has 0 saturated heterocycles. The number of ether oxygens (including phenoxy) is 1. The third-order valence-corrected chi connectivity index (χ3v) is 2.35. The summed E-state index contributed by atoms with van der Waals surface area (Å²) >= 11 is 0. The van der Waals surface area contributed by atoms with Gasteiger partial charge in [-0.15, -0.1) is 0 Å². The van der Waals surface area contributed by atoms with Gasteiger partial charge in [-0.1, -0.05) is 36.4 Å². The Balaban J connectivity index is 2.23. The zero-order valence-electron chi connectivity index (χ0n) is 9.93. The van der Waals surface area contributed by atoms with Crippen molar-refractivity contribution in [3.05, 3.63) is 54.2 Å². The standard InChI is InChI=1S/C14H17O3/c1-17-14(16)11-7-3-6-10-13(15)12-8-4-2-5-9-12/h2,4-5,7-9,11,15H,3,6,10H2,1H3/b11-7+. The monoisotopic (exact) mass is 233 g/mol. The van der Waals surface area contributed by atoms with Crippen LogP contribution < -0.4 is 0 Å². The molecule has 0 bridgehead atoms.